The highest BCUT2D eigenvalue weighted by Gasteiger charge is 2.39. The van der Waals surface area contributed by atoms with Gasteiger partial charge in [-0.2, -0.15) is 0 Å². The minimum atomic E-state index is -0.793. The molecule has 226 valence electrons. The first-order valence-corrected chi connectivity index (χ1v) is 14.6. The molecule has 2 amide bonds. The summed E-state index contributed by atoms with van der Waals surface area (Å²) in [5, 5.41) is 7.38. The zero-order valence-corrected chi connectivity index (χ0v) is 24.7. The van der Waals surface area contributed by atoms with E-state index in [0.29, 0.717) is 28.5 Å². The van der Waals surface area contributed by atoms with Crippen LogP contribution in [-0.4, -0.2) is 46.7 Å². The van der Waals surface area contributed by atoms with Gasteiger partial charge in [0.1, 0.15) is 29.9 Å². The molecule has 0 aliphatic carbocycles. The number of rotatable bonds is 10. The number of ether oxygens (including phenoxy) is 2. The lowest BCUT2D eigenvalue weighted by molar-refractivity contribution is -0.119. The summed E-state index contributed by atoms with van der Waals surface area (Å²) >= 11 is 0. The van der Waals surface area contributed by atoms with Crippen LogP contribution >= 0.6 is 0 Å². The number of nitrogens with zero attached hydrogens (tertiary/aromatic N) is 3. The van der Waals surface area contributed by atoms with Crippen LogP contribution in [0.15, 0.2) is 133 Å². The zero-order valence-electron chi connectivity index (χ0n) is 24.7. The molecule has 5 aromatic rings. The summed E-state index contributed by atoms with van der Waals surface area (Å²) in [4.78, 5) is 34.8. The van der Waals surface area contributed by atoms with E-state index in [1.54, 1.807) is 31.4 Å². The predicted molar refractivity (Wildman–Crippen MR) is 172 cm³/mol. The van der Waals surface area contributed by atoms with E-state index in [9.17, 15) is 9.59 Å². The molecule has 0 unspecified atom stereocenters. The van der Waals surface area contributed by atoms with Gasteiger partial charge in [0.2, 0.25) is 5.91 Å². The van der Waals surface area contributed by atoms with Crippen LogP contribution in [0.25, 0.3) is 5.69 Å². The Kier molecular flexibility index (Phi) is 8.87. The first-order chi connectivity index (χ1) is 22.1. The third kappa shape index (κ3) is 7.05. The lowest BCUT2D eigenvalue weighted by Gasteiger charge is -2.24. The number of hydrogen-bond donors (Lipinski definition) is 1. The highest BCUT2D eigenvalue weighted by atomic mass is 16.6. The minimum Gasteiger partial charge on any atom is -0.497 e. The van der Waals surface area contributed by atoms with Crippen LogP contribution < -0.4 is 14.8 Å². The summed E-state index contributed by atoms with van der Waals surface area (Å²) in [6, 6.07) is 34.4. The molecule has 0 radical (unpaired) electrons. The topological polar surface area (TPSA) is 94.4 Å². The van der Waals surface area contributed by atoms with E-state index in [1.807, 2.05) is 108 Å². The van der Waals surface area contributed by atoms with Crippen molar-refractivity contribution in [3.05, 3.63) is 139 Å². The van der Waals surface area contributed by atoms with Crippen molar-refractivity contribution in [3.63, 3.8) is 0 Å². The maximum Gasteiger partial charge on any atom is 0.254 e. The number of oxime groups is 1. The Balaban J connectivity index is 1.21. The fourth-order valence-electron chi connectivity index (χ4n) is 5.11. The number of likely N-dealkylation sites (tertiary alicyclic amines) is 1. The Morgan fingerprint density at radius 2 is 1.47 bits per heavy atom. The number of nitrogens with one attached hydrogen (secondary N) is 1. The summed E-state index contributed by atoms with van der Waals surface area (Å²) in [6.07, 6.45) is 4.06. The Morgan fingerprint density at radius 1 is 0.800 bits per heavy atom. The van der Waals surface area contributed by atoms with Gasteiger partial charge >= 0.3 is 0 Å². The third-order valence-corrected chi connectivity index (χ3v) is 7.43. The van der Waals surface area contributed by atoms with Crippen LogP contribution in [0.5, 0.6) is 17.2 Å². The summed E-state index contributed by atoms with van der Waals surface area (Å²) in [5.74, 6) is 1.45. The summed E-state index contributed by atoms with van der Waals surface area (Å²) < 4.78 is 13.0. The second-order valence-electron chi connectivity index (χ2n) is 10.5. The fourth-order valence-corrected chi connectivity index (χ4v) is 5.11. The van der Waals surface area contributed by atoms with E-state index in [1.165, 1.54) is 4.90 Å². The van der Waals surface area contributed by atoms with Crippen molar-refractivity contribution in [1.29, 1.82) is 0 Å². The molecule has 1 aliphatic heterocycles. The lowest BCUT2D eigenvalue weighted by atomic mass is 10.1. The van der Waals surface area contributed by atoms with E-state index < -0.39 is 6.04 Å². The molecule has 0 bridgehead atoms. The van der Waals surface area contributed by atoms with Crippen molar-refractivity contribution in [2.45, 2.75) is 19.1 Å². The molecular weight excluding hydrogens is 568 g/mol. The molecule has 1 saturated heterocycles. The van der Waals surface area contributed by atoms with E-state index >= 15 is 0 Å². The maximum atomic E-state index is 13.8. The standard InChI is InChI=1S/C36H32N4O5/c1-43-29-17-13-26(14-18-29)25-44-38-28-23-34(35(41)37-32-11-5-6-12-33(32)39-21-7-8-22-39)40(24-28)36(42)27-15-19-31(20-16-27)45-30-9-3-2-4-10-30/h2-22,34H,23-25H2,1H3,(H,37,41)/t34-/m0/s1. The van der Waals surface area contributed by atoms with Gasteiger partial charge in [0.25, 0.3) is 5.91 Å². The van der Waals surface area contributed by atoms with Crippen molar-refractivity contribution in [3.8, 4) is 22.9 Å². The quantitative estimate of drug-likeness (QED) is 0.180. The largest absolute Gasteiger partial charge is 0.497 e. The molecule has 1 aromatic heterocycles. The smallest absolute Gasteiger partial charge is 0.254 e. The van der Waals surface area contributed by atoms with Gasteiger partial charge in [0, 0.05) is 24.4 Å². The van der Waals surface area contributed by atoms with Gasteiger partial charge in [-0.3, -0.25) is 9.59 Å². The van der Waals surface area contributed by atoms with E-state index in [-0.39, 0.29) is 31.4 Å². The fraction of sp³-hybridized carbons (Fsp3) is 0.139. The van der Waals surface area contributed by atoms with Gasteiger partial charge in [-0.05, 0) is 78.4 Å². The van der Waals surface area contributed by atoms with Gasteiger partial charge in [0.05, 0.1) is 30.7 Å². The molecule has 6 rings (SSSR count). The molecule has 2 heterocycles. The lowest BCUT2D eigenvalue weighted by Crippen LogP contribution is -2.43. The predicted octanol–water partition coefficient (Wildman–Crippen LogP) is 6.70. The van der Waals surface area contributed by atoms with Crippen LogP contribution in [0.3, 0.4) is 0 Å². The van der Waals surface area contributed by atoms with Crippen LogP contribution in [0.1, 0.15) is 22.3 Å². The highest BCUT2D eigenvalue weighted by molar-refractivity contribution is 6.08. The average Bonchev–Trinajstić information content (AvgIpc) is 3.77. The second-order valence-corrected chi connectivity index (χ2v) is 10.5. The molecule has 0 spiro atoms. The third-order valence-electron chi connectivity index (χ3n) is 7.43. The zero-order chi connectivity index (χ0) is 31.0. The van der Waals surface area contributed by atoms with Crippen molar-refractivity contribution < 1.29 is 23.9 Å². The Bertz CT molecular complexity index is 1770. The Hall–Kier alpha value is -5.83. The summed E-state index contributed by atoms with van der Waals surface area (Å²) in [5.41, 5.74) is 3.40. The number of carbonyl (C=O) groups is 2. The number of methoxy groups -OCH3 is 1. The Morgan fingerprint density at radius 3 is 2.20 bits per heavy atom. The summed E-state index contributed by atoms with van der Waals surface area (Å²) in [7, 11) is 1.61. The molecule has 1 aliphatic rings. The van der Waals surface area contributed by atoms with Gasteiger partial charge < -0.3 is 29.1 Å². The monoisotopic (exact) mass is 600 g/mol. The number of anilines is 1. The first kappa shape index (κ1) is 29.3. The second kappa shape index (κ2) is 13.6. The number of amides is 2. The van der Waals surface area contributed by atoms with Crippen molar-refractivity contribution in [2.24, 2.45) is 5.16 Å². The van der Waals surface area contributed by atoms with E-state index in [4.69, 9.17) is 14.3 Å². The van der Waals surface area contributed by atoms with E-state index in [0.717, 1.165) is 17.0 Å². The van der Waals surface area contributed by atoms with Crippen molar-refractivity contribution in [1.82, 2.24) is 9.47 Å². The summed E-state index contributed by atoms with van der Waals surface area (Å²) in [6.45, 7) is 0.395. The molecular formula is C36H32N4O5. The number of carbonyl (C=O) groups excluding carboxylic acids is 2. The van der Waals surface area contributed by atoms with Gasteiger partial charge in [0.15, 0.2) is 0 Å². The highest BCUT2D eigenvalue weighted by Crippen LogP contribution is 2.26. The average molecular weight is 601 g/mol. The van der Waals surface area contributed by atoms with Crippen molar-refractivity contribution in [2.75, 3.05) is 19.0 Å². The van der Waals surface area contributed by atoms with Gasteiger partial charge in [-0.25, -0.2) is 0 Å². The number of benzene rings is 4. The number of aromatic nitrogens is 1. The number of hydrogen-bond acceptors (Lipinski definition) is 6. The minimum absolute atomic E-state index is 0.154. The Labute approximate surface area is 261 Å². The first-order valence-electron chi connectivity index (χ1n) is 14.6. The molecule has 9 heteroatoms. The molecule has 1 atom stereocenters. The number of para-hydroxylation sites is 3. The van der Waals surface area contributed by atoms with Gasteiger partial charge in [-0.1, -0.05) is 47.6 Å². The van der Waals surface area contributed by atoms with Gasteiger partial charge in [-0.15, -0.1) is 0 Å². The molecule has 9 nitrogen and oxygen atoms in total. The molecule has 1 fully saturated rings. The van der Waals surface area contributed by atoms with Crippen LogP contribution in [0, 0.1) is 0 Å². The van der Waals surface area contributed by atoms with Crippen LogP contribution in [-0.2, 0) is 16.2 Å². The SMILES string of the molecule is COc1ccc(CON=C2C[C@@H](C(=O)Nc3ccccc3-n3cccc3)N(C(=O)c3ccc(Oc4ccccc4)cc3)C2)cc1. The van der Waals surface area contributed by atoms with Crippen LogP contribution in [0.2, 0.25) is 0 Å². The maximum absolute atomic E-state index is 13.8. The molecule has 1 N–H and O–H groups in total. The van der Waals surface area contributed by atoms with E-state index in [2.05, 4.69) is 10.5 Å². The molecule has 4 aromatic carbocycles. The van der Waals surface area contributed by atoms with Crippen molar-refractivity contribution >= 4 is 23.2 Å². The molecule has 45 heavy (non-hydrogen) atoms. The van der Waals surface area contributed by atoms with Crippen LogP contribution in [0.4, 0.5) is 5.69 Å². The molecule has 0 saturated carbocycles. The normalized spacial score (nSPS) is 15.1.